The zero-order valence-electron chi connectivity index (χ0n) is 20.5. The second-order valence-corrected chi connectivity index (χ2v) is 9.76. The molecule has 3 aliphatic heterocycles. The molecule has 0 bridgehead atoms. The minimum Gasteiger partial charge on any atom is -0.476 e. The summed E-state index contributed by atoms with van der Waals surface area (Å²) in [5.41, 5.74) is 3.26. The standard InChI is InChI=1S/C30H28N2O5/c33-28(21-13-14-23-22(17-21)18-26(37-30(23)35)20-9-3-1-4-10-20)32-19-27(29(34)31-15-7-2-8-16-31)36-25-12-6-5-11-24(25)32/h1,3-6,9-14,17,26-27H,2,7-8,15-16,18-19H2. The highest BCUT2D eigenvalue weighted by molar-refractivity contribution is 6.08. The third-order valence-corrected chi connectivity index (χ3v) is 7.36. The highest BCUT2D eigenvalue weighted by Gasteiger charge is 2.37. The van der Waals surface area contributed by atoms with Crippen molar-refractivity contribution in [2.75, 3.05) is 24.5 Å². The van der Waals surface area contributed by atoms with Gasteiger partial charge in [0, 0.05) is 25.1 Å². The first kappa shape index (κ1) is 23.3. The molecule has 3 aromatic rings. The Balaban J connectivity index is 1.29. The van der Waals surface area contributed by atoms with Gasteiger partial charge in [-0.3, -0.25) is 9.59 Å². The number of carbonyl (C=O) groups excluding carboxylic acids is 3. The molecule has 1 fully saturated rings. The van der Waals surface area contributed by atoms with Crippen LogP contribution in [0.4, 0.5) is 5.69 Å². The van der Waals surface area contributed by atoms with E-state index in [4.69, 9.17) is 9.47 Å². The Morgan fingerprint density at radius 3 is 2.41 bits per heavy atom. The van der Waals surface area contributed by atoms with Crippen molar-refractivity contribution in [1.82, 2.24) is 4.90 Å². The summed E-state index contributed by atoms with van der Waals surface area (Å²) in [6.45, 7) is 1.58. The molecule has 3 heterocycles. The molecule has 37 heavy (non-hydrogen) atoms. The van der Waals surface area contributed by atoms with Crippen LogP contribution < -0.4 is 9.64 Å². The van der Waals surface area contributed by atoms with Crippen molar-refractivity contribution in [2.24, 2.45) is 0 Å². The van der Waals surface area contributed by atoms with Crippen molar-refractivity contribution in [3.8, 4) is 5.75 Å². The number of ether oxygens (including phenoxy) is 2. The average Bonchev–Trinajstić information content (AvgIpc) is 2.96. The van der Waals surface area contributed by atoms with E-state index in [9.17, 15) is 14.4 Å². The van der Waals surface area contributed by atoms with Gasteiger partial charge in [0.25, 0.3) is 11.8 Å². The molecule has 7 heteroatoms. The summed E-state index contributed by atoms with van der Waals surface area (Å²) in [4.78, 5) is 43.3. The van der Waals surface area contributed by atoms with Gasteiger partial charge in [0.1, 0.15) is 11.9 Å². The first-order valence-corrected chi connectivity index (χ1v) is 12.8. The van der Waals surface area contributed by atoms with Crippen molar-refractivity contribution >= 4 is 23.5 Å². The number of hydrogen-bond acceptors (Lipinski definition) is 5. The van der Waals surface area contributed by atoms with E-state index in [-0.39, 0.29) is 18.4 Å². The van der Waals surface area contributed by atoms with Crippen LogP contribution in [0.25, 0.3) is 0 Å². The van der Waals surface area contributed by atoms with Gasteiger partial charge in [-0.25, -0.2) is 4.79 Å². The molecular weight excluding hydrogens is 468 g/mol. The summed E-state index contributed by atoms with van der Waals surface area (Å²) in [6, 6.07) is 22.0. The Morgan fingerprint density at radius 1 is 0.838 bits per heavy atom. The first-order chi connectivity index (χ1) is 18.1. The van der Waals surface area contributed by atoms with Crippen molar-refractivity contribution < 1.29 is 23.9 Å². The summed E-state index contributed by atoms with van der Waals surface area (Å²) in [7, 11) is 0. The Kier molecular flexibility index (Phi) is 6.12. The lowest BCUT2D eigenvalue weighted by Crippen LogP contribution is -2.52. The van der Waals surface area contributed by atoms with E-state index in [1.807, 2.05) is 53.4 Å². The molecule has 2 amide bonds. The summed E-state index contributed by atoms with van der Waals surface area (Å²) in [6.07, 6.45) is 2.43. The summed E-state index contributed by atoms with van der Waals surface area (Å²) >= 11 is 0. The fourth-order valence-electron chi connectivity index (χ4n) is 5.41. The lowest BCUT2D eigenvalue weighted by atomic mass is 9.93. The normalized spacial score (nSPS) is 20.8. The average molecular weight is 497 g/mol. The van der Waals surface area contributed by atoms with Gasteiger partial charge in [-0.1, -0.05) is 42.5 Å². The molecule has 6 rings (SSSR count). The third kappa shape index (κ3) is 4.46. The number of fused-ring (bicyclic) bond motifs is 2. The highest BCUT2D eigenvalue weighted by Crippen LogP contribution is 2.36. The molecule has 0 saturated carbocycles. The summed E-state index contributed by atoms with van der Waals surface area (Å²) in [5, 5.41) is 0. The molecule has 3 aliphatic rings. The Bertz CT molecular complexity index is 1350. The molecule has 3 aromatic carbocycles. The molecule has 0 spiro atoms. The number of amides is 2. The largest absolute Gasteiger partial charge is 0.476 e. The quantitative estimate of drug-likeness (QED) is 0.497. The number of hydrogen-bond donors (Lipinski definition) is 0. The van der Waals surface area contributed by atoms with E-state index in [1.54, 1.807) is 29.2 Å². The molecular formula is C30H28N2O5. The van der Waals surface area contributed by atoms with Crippen LogP contribution in [0.2, 0.25) is 0 Å². The predicted molar refractivity (Wildman–Crippen MR) is 138 cm³/mol. The van der Waals surface area contributed by atoms with Crippen LogP contribution in [0.15, 0.2) is 72.8 Å². The van der Waals surface area contributed by atoms with Crippen molar-refractivity contribution in [3.63, 3.8) is 0 Å². The maximum absolute atomic E-state index is 13.9. The van der Waals surface area contributed by atoms with Crippen molar-refractivity contribution in [3.05, 3.63) is 95.1 Å². The van der Waals surface area contributed by atoms with E-state index >= 15 is 0 Å². The molecule has 188 valence electrons. The lowest BCUT2D eigenvalue weighted by Gasteiger charge is -2.37. The second kappa shape index (κ2) is 9.73. The van der Waals surface area contributed by atoms with Gasteiger partial charge in [0.15, 0.2) is 6.10 Å². The Labute approximate surface area is 215 Å². The van der Waals surface area contributed by atoms with Gasteiger partial charge >= 0.3 is 5.97 Å². The summed E-state index contributed by atoms with van der Waals surface area (Å²) in [5.74, 6) is -0.183. The van der Waals surface area contributed by atoms with Gasteiger partial charge in [0.05, 0.1) is 17.8 Å². The molecule has 2 unspecified atom stereocenters. The van der Waals surface area contributed by atoms with Crippen LogP contribution in [0.3, 0.4) is 0 Å². The van der Waals surface area contributed by atoms with E-state index in [1.165, 1.54) is 0 Å². The molecule has 0 aliphatic carbocycles. The van der Waals surface area contributed by atoms with Gasteiger partial charge < -0.3 is 19.3 Å². The zero-order chi connectivity index (χ0) is 25.4. The minimum absolute atomic E-state index is 0.0779. The number of nitrogens with zero attached hydrogens (tertiary/aromatic N) is 2. The van der Waals surface area contributed by atoms with Crippen LogP contribution >= 0.6 is 0 Å². The smallest absolute Gasteiger partial charge is 0.339 e. The van der Waals surface area contributed by atoms with Crippen LogP contribution in [-0.2, 0) is 16.0 Å². The van der Waals surface area contributed by atoms with E-state index in [0.29, 0.717) is 29.0 Å². The lowest BCUT2D eigenvalue weighted by molar-refractivity contribution is -0.139. The molecule has 7 nitrogen and oxygen atoms in total. The highest BCUT2D eigenvalue weighted by atomic mass is 16.5. The molecule has 0 N–H and O–H groups in total. The number of carbonyl (C=O) groups is 3. The van der Waals surface area contributed by atoms with Gasteiger partial charge in [0.2, 0.25) is 0 Å². The Hall–Kier alpha value is -4.13. The maximum atomic E-state index is 13.9. The number of likely N-dealkylation sites (tertiary alicyclic amines) is 1. The van der Waals surface area contributed by atoms with E-state index < -0.39 is 18.2 Å². The van der Waals surface area contributed by atoms with Gasteiger partial charge in [-0.15, -0.1) is 0 Å². The number of esters is 1. The number of piperidine rings is 1. The molecule has 2 atom stereocenters. The molecule has 0 radical (unpaired) electrons. The topological polar surface area (TPSA) is 76.2 Å². The molecule has 0 aromatic heterocycles. The number of anilines is 1. The number of cyclic esters (lactones) is 1. The zero-order valence-corrected chi connectivity index (χ0v) is 20.5. The maximum Gasteiger partial charge on any atom is 0.339 e. The second-order valence-electron chi connectivity index (χ2n) is 9.76. The van der Waals surface area contributed by atoms with E-state index in [0.717, 1.165) is 43.5 Å². The van der Waals surface area contributed by atoms with Crippen LogP contribution in [0.5, 0.6) is 5.75 Å². The fourth-order valence-corrected chi connectivity index (χ4v) is 5.41. The predicted octanol–water partition coefficient (Wildman–Crippen LogP) is 4.56. The van der Waals surface area contributed by atoms with Crippen LogP contribution in [-0.4, -0.2) is 48.4 Å². The van der Waals surface area contributed by atoms with E-state index in [2.05, 4.69) is 0 Å². The van der Waals surface area contributed by atoms with Crippen molar-refractivity contribution in [1.29, 1.82) is 0 Å². The fraction of sp³-hybridized carbons (Fsp3) is 0.300. The first-order valence-electron chi connectivity index (χ1n) is 12.8. The number of benzene rings is 3. The van der Waals surface area contributed by atoms with Gasteiger partial charge in [-0.05, 0) is 60.7 Å². The number of para-hydroxylation sites is 2. The molecule has 1 saturated heterocycles. The minimum atomic E-state index is -0.757. The van der Waals surface area contributed by atoms with Crippen LogP contribution in [0, 0.1) is 0 Å². The van der Waals surface area contributed by atoms with Gasteiger partial charge in [-0.2, -0.15) is 0 Å². The SMILES string of the molecule is O=C1OC(c2ccccc2)Cc2cc(C(=O)N3CC(C(=O)N4CCCCC4)Oc4ccccc43)ccc21. The van der Waals surface area contributed by atoms with Crippen LogP contribution in [0.1, 0.15) is 57.2 Å². The Morgan fingerprint density at radius 2 is 1.59 bits per heavy atom. The summed E-state index contributed by atoms with van der Waals surface area (Å²) < 4.78 is 11.8. The van der Waals surface area contributed by atoms with Crippen molar-refractivity contribution in [2.45, 2.75) is 37.9 Å². The monoisotopic (exact) mass is 496 g/mol. The number of rotatable bonds is 3. The third-order valence-electron chi connectivity index (χ3n) is 7.36.